The number of hydrogen-bond donors (Lipinski definition) is 0. The van der Waals surface area contributed by atoms with Crippen LogP contribution < -0.4 is 0 Å². The van der Waals surface area contributed by atoms with Crippen LogP contribution in [0.4, 0.5) is 0 Å². The molecule has 0 amide bonds. The molecule has 0 nitrogen and oxygen atoms in total. The summed E-state index contributed by atoms with van der Waals surface area (Å²) in [6.07, 6.45) is -177. The van der Waals surface area contributed by atoms with Gasteiger partial charge in [-0.1, -0.05) is 0 Å². The molecule has 0 N–H and O–H groups in total. The van der Waals surface area contributed by atoms with Crippen LogP contribution in [0.25, 0.3) is 0 Å². The summed E-state index contributed by atoms with van der Waals surface area (Å²) in [4.78, 5) is 0. The smallest absolute Gasteiger partial charge is 0 e. The highest BCUT2D eigenvalue weighted by molar-refractivity contribution is 8.49. The molecule has 0 aromatic carbocycles. The SMILES string of the molecule is [B]B([B])B(B([B])[B])B(B(B([B])[B])B([B])[B])B(B(B([B])[B])B([B])[B])B(B(B(B(B([B])[B])B([B])[B])B(B([B])[B])B([B])[B])B(B(B([B])[B])B([B])[B])B(B([B])[B])B([B])[B])B(B(B(B(B([B])[B])B([B])[B])B(B([B])[B])B([B])[B])B(B(B([B])[B])B([B])[B])B(B([B])[B])B([B])[B])B(B(B(B(B([B])[B])B([B])[B])B(B([B])[B])B([B])[B])B(B(B([B])[B])B([B])[B])B(B([B])[B])B([B])[B])B(B(B(B([B])[B])B([B])[B])B(B([B])[B])B([B])[B])B(B(B([B])[B])B([B])[B])B(B([B])[B])B([B])[B]. The van der Waals surface area contributed by atoms with E-state index in [1.54, 1.807) is 0 Å². The van der Waals surface area contributed by atoms with E-state index in [1.165, 1.54) is 0 Å². The van der Waals surface area contributed by atoms with Gasteiger partial charge in [0.05, 0.1) is 0 Å². The maximum Gasteiger partial charge on any atom is 0 e. The van der Waals surface area contributed by atoms with Crippen molar-refractivity contribution in [3.05, 3.63) is 0 Å². The van der Waals surface area contributed by atoms with Crippen LogP contribution in [0.15, 0.2) is 0 Å². The predicted octanol–water partition coefficient (Wildman–Crippen LogP) is -57.1. The lowest BCUT2D eigenvalue weighted by atomic mass is 8.16. The zero-order valence-electron chi connectivity index (χ0n) is 86.6. The Hall–Kier alpha value is 9.74. The standard InChI is InChI=1S/B150/c1-77(2)115(78(3)4)134(116(79(5)6)80(7)8)143(133(113(73)74)114(75)76)148(144(135(117(81(9)10)82(11)12)118(83(13)14)84(15)16)136(119(85(17)18)86(19)20)120(87(21)22)88(23)24)150(147(141(129(105(57)58)106(59)60)130(107(61)62)108(63)64)142(131(109(65)66)110(67)68)132(111(69)70)112(71)72)149(145(137(121(89(25)26)90(27)28)122(91(29)30)92(31)32)138(123(93(33)34)94(35)36)124(95(37)38)96(39)40)146(139(125(97(41)42)98(43)44)126(99(45)46)100(47)48)140(127(101(49)50)102(51)52)128(103(53)54)104(55)56. The van der Waals surface area contributed by atoms with Crippen LogP contribution >= 0.6 is 0 Å². The van der Waals surface area contributed by atoms with Gasteiger partial charge in [-0.3, -0.25) is 0 Å². The summed E-state index contributed by atoms with van der Waals surface area (Å²) in [6, 6.07) is 0. The van der Waals surface area contributed by atoms with Crippen LogP contribution in [-0.4, -0.2) is 1060 Å². The van der Waals surface area contributed by atoms with Crippen molar-refractivity contribution in [1.82, 2.24) is 0 Å². The fourth-order valence-corrected chi connectivity index (χ4v) is 27.7. The molecule has 150 heteroatoms. The van der Waals surface area contributed by atoms with Crippen molar-refractivity contribution in [1.29, 1.82) is 0 Å². The lowest BCUT2D eigenvalue weighted by molar-refractivity contribution is 3.10. The Bertz CT molecular complexity index is 2660. The topological polar surface area (TPSA) is 0 Å². The zero-order valence-corrected chi connectivity index (χ0v) is 86.6. The maximum atomic E-state index is 7.88. The van der Waals surface area contributed by atoms with Crippen molar-refractivity contribution in [3.8, 4) is 0 Å². The highest BCUT2D eigenvalue weighted by atomic mass is 13.5. The summed E-state index contributed by atoms with van der Waals surface area (Å²) in [7, 11) is 580. The molecule has 0 bridgehead atoms. The van der Waals surface area contributed by atoms with E-state index in [0.717, 1.165) is 0 Å². The number of rotatable bonds is 73. The first-order valence-corrected chi connectivity index (χ1v) is 49.7. The molecule has 0 heterocycles. The minimum atomic E-state index is -3.20. The fourth-order valence-electron chi connectivity index (χ4n) is 27.7. The van der Waals surface area contributed by atoms with Crippen molar-refractivity contribution < 1.29 is 0 Å². The summed E-state index contributed by atoms with van der Waals surface area (Å²) < 4.78 is 0. The van der Waals surface area contributed by atoms with Crippen LogP contribution in [0.5, 0.6) is 0 Å². The minimum absolute atomic E-state index is 2.22. The molecule has 0 aliphatic carbocycles. The Morgan fingerprint density at radius 3 is 0.0800 bits per heavy atom. The molecule has 0 aromatic rings. The molecule has 0 aliphatic heterocycles. The predicted molar refractivity (Wildman–Crippen MR) is 863 cm³/mol. The van der Waals surface area contributed by atoms with Crippen LogP contribution in [0.1, 0.15) is 0 Å². The molecular weight excluding hydrogens is 1620 g/mol. The molecule has 0 rings (SSSR count). The third kappa shape index (κ3) is 42.6. The summed E-state index contributed by atoms with van der Waals surface area (Å²) in [5.74, 6) is 0. The average Bonchev–Trinajstić information content (AvgIpc) is 0.693. The molecule has 0 aromatic heterocycles. The van der Waals surface area contributed by atoms with Gasteiger partial charge < -0.3 is 0 Å². The van der Waals surface area contributed by atoms with Gasteiger partial charge in [-0.25, -0.2) is 0 Å². The van der Waals surface area contributed by atoms with Gasteiger partial charge in [0.25, 0.3) is 0 Å². The van der Waals surface area contributed by atoms with Crippen molar-refractivity contribution in [3.63, 3.8) is 0 Å². The molecule has 0 spiro atoms. The average molecular weight is 1620 g/mol. The highest BCUT2D eigenvalue weighted by Gasteiger charge is 2.74. The second-order valence-corrected chi connectivity index (χ2v) is 42.7. The normalized spacial score (nSPS) is 9.89. The molecule has 0 aliphatic rings. The van der Waals surface area contributed by atoms with Gasteiger partial charge in [0, 0.05) is 1060 Å². The quantitative estimate of drug-likeness (QED) is 0.0533. The summed E-state index contributed by atoms with van der Waals surface area (Å²) >= 11 is 0. The second kappa shape index (κ2) is 73.5. The minimum Gasteiger partial charge on any atom is 0 e. The molecule has 150 heavy (non-hydrogen) atoms. The van der Waals surface area contributed by atoms with Gasteiger partial charge in [0.2, 0.25) is 0 Å². The van der Waals surface area contributed by atoms with Crippen molar-refractivity contribution in [2.45, 2.75) is 0 Å². The molecular formula is B150. The molecule has 0 fully saturated rings. The first kappa shape index (κ1) is 160. The Balaban J connectivity index is 19.2. The Morgan fingerprint density at radius 1 is 0.0333 bits per heavy atom. The van der Waals surface area contributed by atoms with Gasteiger partial charge >= 0.3 is 0 Å². The summed E-state index contributed by atoms with van der Waals surface area (Å²) in [6.45, 7) is 0. The fraction of sp³-hybridized carbons (Fsp3) is 0. The highest BCUT2D eigenvalue weighted by Crippen LogP contribution is 2.35. The molecule has 0 saturated carbocycles. The van der Waals surface area contributed by atoms with Crippen molar-refractivity contribution in [2.75, 3.05) is 0 Å². The monoisotopic (exact) mass is 1650 g/mol. The van der Waals surface area contributed by atoms with Gasteiger partial charge in [0.1, 0.15) is 0 Å². The lowest BCUT2D eigenvalue weighted by Crippen LogP contribution is -3.04. The molecule has 450 valence electrons. The zero-order chi connectivity index (χ0) is 119. The second-order valence-electron chi connectivity index (χ2n) is 42.7. The Labute approximate surface area is 1050 Å². The molecule has 0 unspecified atom stereocenters. The molecule has 0 saturated heterocycles. The first-order valence-electron chi connectivity index (χ1n) is 49.7. The maximum absolute atomic E-state index is 7.88. The third-order valence-electron chi connectivity index (χ3n) is 32.4. The van der Waals surface area contributed by atoms with Crippen LogP contribution in [0, 0.1) is 0 Å². The van der Waals surface area contributed by atoms with Crippen LogP contribution in [-0.2, 0) is 0 Å². The Morgan fingerprint density at radius 2 is 0.0533 bits per heavy atom. The van der Waals surface area contributed by atoms with E-state index in [9.17, 15) is 0 Å². The van der Waals surface area contributed by atoms with E-state index in [1.807, 2.05) is 0 Å². The van der Waals surface area contributed by atoms with E-state index in [0.29, 0.717) is 0 Å². The van der Waals surface area contributed by atoms with E-state index in [-0.39, 0.29) is 0 Å². The van der Waals surface area contributed by atoms with Crippen LogP contribution in [0.3, 0.4) is 0 Å². The Kier molecular flexibility index (Phi) is 78.3. The lowest BCUT2D eigenvalue weighted by Gasteiger charge is -2.66. The van der Waals surface area contributed by atoms with E-state index >= 15 is 0 Å². The van der Waals surface area contributed by atoms with Crippen molar-refractivity contribution in [2.24, 2.45) is 0 Å². The molecule has 152 radical (unpaired) electrons. The van der Waals surface area contributed by atoms with Crippen molar-refractivity contribution >= 4 is 1060 Å². The van der Waals surface area contributed by atoms with E-state index in [2.05, 4.69) is 0 Å². The summed E-state index contributed by atoms with van der Waals surface area (Å²) in [5, 5.41) is 0. The first-order chi connectivity index (χ1) is 68.2. The van der Waals surface area contributed by atoms with Gasteiger partial charge in [-0.2, -0.15) is 0 Å². The largest absolute Gasteiger partial charge is 0 e. The number of hydrogen-bond acceptors (Lipinski definition) is 0. The third-order valence-corrected chi connectivity index (χ3v) is 32.4. The van der Waals surface area contributed by atoms with Gasteiger partial charge in [0.15, 0.2) is 0 Å². The van der Waals surface area contributed by atoms with E-state index < -0.39 is 472 Å². The van der Waals surface area contributed by atoms with Gasteiger partial charge in [-0.05, 0) is 0 Å². The van der Waals surface area contributed by atoms with E-state index in [4.69, 9.17) is 588 Å². The molecule has 0 atom stereocenters. The summed E-state index contributed by atoms with van der Waals surface area (Å²) in [5.41, 5.74) is 0. The van der Waals surface area contributed by atoms with Crippen LogP contribution in [0.2, 0.25) is 0 Å². The van der Waals surface area contributed by atoms with Gasteiger partial charge in [-0.15, -0.1) is 0 Å².